The summed E-state index contributed by atoms with van der Waals surface area (Å²) in [6.07, 6.45) is 5.20. The number of amides is 1. The Kier molecular flexibility index (Phi) is 9.22. The van der Waals surface area contributed by atoms with Gasteiger partial charge in [0.25, 0.3) is 0 Å². The fourth-order valence-corrected chi connectivity index (χ4v) is 3.94. The zero-order chi connectivity index (χ0) is 16.1. The van der Waals surface area contributed by atoms with E-state index in [-0.39, 0.29) is 42.3 Å². The van der Waals surface area contributed by atoms with E-state index in [4.69, 9.17) is 0 Å². The van der Waals surface area contributed by atoms with Gasteiger partial charge in [0.2, 0.25) is 5.91 Å². The number of carbonyl (C=O) groups is 1. The maximum absolute atomic E-state index is 12.7. The summed E-state index contributed by atoms with van der Waals surface area (Å²) in [7, 11) is 0. The van der Waals surface area contributed by atoms with E-state index < -0.39 is 0 Å². The van der Waals surface area contributed by atoms with Gasteiger partial charge < -0.3 is 10.6 Å². The van der Waals surface area contributed by atoms with Crippen molar-refractivity contribution in [1.82, 2.24) is 15.5 Å². The second-order valence-electron chi connectivity index (χ2n) is 7.00. The number of piperidine rings is 1. The lowest BCUT2D eigenvalue weighted by Crippen LogP contribution is -2.58. The third kappa shape index (κ3) is 5.58. The van der Waals surface area contributed by atoms with E-state index in [0.29, 0.717) is 0 Å². The minimum absolute atomic E-state index is 0. The number of likely N-dealkylation sites (tertiary alicyclic amines) is 1. The third-order valence-corrected chi connectivity index (χ3v) is 5.37. The number of benzene rings is 1. The number of hydrogen-bond acceptors (Lipinski definition) is 3. The van der Waals surface area contributed by atoms with Gasteiger partial charge in [0.15, 0.2) is 0 Å². The summed E-state index contributed by atoms with van der Waals surface area (Å²) in [6.45, 7) is 6.13. The Labute approximate surface area is 163 Å². The molecule has 1 aromatic carbocycles. The van der Waals surface area contributed by atoms with E-state index in [1.807, 2.05) is 0 Å². The Morgan fingerprint density at radius 3 is 2.68 bits per heavy atom. The van der Waals surface area contributed by atoms with Gasteiger partial charge in [-0.2, -0.15) is 0 Å². The molecule has 142 valence electrons. The number of nitrogens with zero attached hydrogens (tertiary/aromatic N) is 1. The van der Waals surface area contributed by atoms with Crippen molar-refractivity contribution in [2.75, 3.05) is 19.6 Å². The monoisotopic (exact) mass is 387 g/mol. The molecule has 2 unspecified atom stereocenters. The van der Waals surface area contributed by atoms with Gasteiger partial charge in [-0.1, -0.05) is 37.3 Å². The van der Waals surface area contributed by atoms with Crippen molar-refractivity contribution in [3.63, 3.8) is 0 Å². The zero-order valence-electron chi connectivity index (χ0n) is 15.0. The van der Waals surface area contributed by atoms with Gasteiger partial charge in [-0.25, -0.2) is 0 Å². The number of hydrogen-bond donors (Lipinski definition) is 2. The highest BCUT2D eigenvalue weighted by atomic mass is 35.5. The molecule has 0 saturated carbocycles. The van der Waals surface area contributed by atoms with E-state index in [1.165, 1.54) is 5.56 Å². The molecule has 2 fully saturated rings. The van der Waals surface area contributed by atoms with Crippen LogP contribution in [0.3, 0.4) is 0 Å². The lowest BCUT2D eigenvalue weighted by atomic mass is 9.92. The Hall–Kier alpha value is -0.810. The number of halogens is 2. The summed E-state index contributed by atoms with van der Waals surface area (Å²) >= 11 is 0. The topological polar surface area (TPSA) is 44.4 Å². The van der Waals surface area contributed by atoms with Crippen LogP contribution in [0, 0.1) is 0 Å². The van der Waals surface area contributed by atoms with E-state index in [2.05, 4.69) is 52.8 Å². The maximum atomic E-state index is 12.7. The second kappa shape index (κ2) is 10.4. The van der Waals surface area contributed by atoms with Crippen LogP contribution in [-0.4, -0.2) is 42.0 Å². The molecule has 1 amide bonds. The Bertz CT molecular complexity index is 521. The van der Waals surface area contributed by atoms with Crippen molar-refractivity contribution in [3.8, 4) is 0 Å². The molecular formula is C19H31Cl2N3O. The van der Waals surface area contributed by atoms with Crippen LogP contribution < -0.4 is 10.6 Å². The summed E-state index contributed by atoms with van der Waals surface area (Å²) in [5, 5.41) is 6.76. The molecule has 4 nitrogen and oxygen atoms in total. The predicted molar refractivity (Wildman–Crippen MR) is 108 cm³/mol. The smallest absolute Gasteiger partial charge is 0.240 e. The van der Waals surface area contributed by atoms with Crippen LogP contribution in [0.1, 0.15) is 44.6 Å². The normalized spacial score (nSPS) is 26.4. The van der Waals surface area contributed by atoms with E-state index in [9.17, 15) is 4.79 Å². The molecule has 2 aliphatic heterocycles. The van der Waals surface area contributed by atoms with Crippen LogP contribution in [0.2, 0.25) is 0 Å². The van der Waals surface area contributed by atoms with Crippen molar-refractivity contribution in [2.45, 2.75) is 57.2 Å². The molecule has 2 N–H and O–H groups in total. The number of carbonyl (C=O) groups excluding carboxylic acids is 1. The van der Waals surface area contributed by atoms with Crippen molar-refractivity contribution < 1.29 is 4.79 Å². The SMILES string of the molecule is CCC1(C(=O)NC2CCCN(Cc3ccccc3)C2)CCCN1.Cl.Cl. The van der Waals surface area contributed by atoms with Crippen LogP contribution in [0.15, 0.2) is 30.3 Å². The van der Waals surface area contributed by atoms with Crippen LogP contribution >= 0.6 is 24.8 Å². The van der Waals surface area contributed by atoms with Gasteiger partial charge in [-0.05, 0) is 50.8 Å². The summed E-state index contributed by atoms with van der Waals surface area (Å²) in [5.41, 5.74) is 1.03. The Morgan fingerprint density at radius 1 is 1.28 bits per heavy atom. The molecule has 2 saturated heterocycles. The van der Waals surface area contributed by atoms with Crippen LogP contribution in [0.5, 0.6) is 0 Å². The minimum atomic E-state index is -0.318. The minimum Gasteiger partial charge on any atom is -0.350 e. The maximum Gasteiger partial charge on any atom is 0.240 e. The highest BCUT2D eigenvalue weighted by Crippen LogP contribution is 2.24. The number of rotatable bonds is 5. The van der Waals surface area contributed by atoms with Crippen molar-refractivity contribution in [1.29, 1.82) is 0 Å². The quantitative estimate of drug-likeness (QED) is 0.815. The molecule has 1 aromatic rings. The van der Waals surface area contributed by atoms with Gasteiger partial charge in [0.1, 0.15) is 0 Å². The molecule has 2 atom stereocenters. The molecule has 3 rings (SSSR count). The van der Waals surface area contributed by atoms with E-state index >= 15 is 0 Å². The molecule has 0 spiro atoms. The van der Waals surface area contributed by atoms with Crippen LogP contribution in [0.25, 0.3) is 0 Å². The highest BCUT2D eigenvalue weighted by Gasteiger charge is 2.40. The third-order valence-electron chi connectivity index (χ3n) is 5.37. The first-order valence-electron chi connectivity index (χ1n) is 9.04. The fourth-order valence-electron chi connectivity index (χ4n) is 3.94. The second-order valence-corrected chi connectivity index (χ2v) is 7.00. The molecule has 2 aliphatic rings. The van der Waals surface area contributed by atoms with Gasteiger partial charge in [-0.3, -0.25) is 9.69 Å². The van der Waals surface area contributed by atoms with Crippen LogP contribution in [0.4, 0.5) is 0 Å². The van der Waals surface area contributed by atoms with Gasteiger partial charge in [-0.15, -0.1) is 24.8 Å². The van der Waals surface area contributed by atoms with Gasteiger partial charge >= 0.3 is 0 Å². The summed E-state index contributed by atoms with van der Waals surface area (Å²) < 4.78 is 0. The first-order chi connectivity index (χ1) is 11.2. The largest absolute Gasteiger partial charge is 0.350 e. The molecule has 0 radical (unpaired) electrons. The highest BCUT2D eigenvalue weighted by molar-refractivity contribution is 5.87. The fraction of sp³-hybridized carbons (Fsp3) is 0.632. The predicted octanol–water partition coefficient (Wildman–Crippen LogP) is 3.14. The number of nitrogens with one attached hydrogen (secondary N) is 2. The molecule has 0 aromatic heterocycles. The lowest BCUT2D eigenvalue weighted by molar-refractivity contribution is -0.128. The molecule has 25 heavy (non-hydrogen) atoms. The summed E-state index contributed by atoms with van der Waals surface area (Å²) in [6, 6.07) is 10.9. The summed E-state index contributed by atoms with van der Waals surface area (Å²) in [4.78, 5) is 15.2. The van der Waals surface area contributed by atoms with Gasteiger partial charge in [0.05, 0.1) is 5.54 Å². The molecule has 0 bridgehead atoms. The Balaban J connectivity index is 0.00000156. The Morgan fingerprint density at radius 2 is 2.04 bits per heavy atom. The van der Waals surface area contributed by atoms with Crippen molar-refractivity contribution in [3.05, 3.63) is 35.9 Å². The van der Waals surface area contributed by atoms with E-state index in [0.717, 1.165) is 58.3 Å². The van der Waals surface area contributed by atoms with Crippen LogP contribution in [-0.2, 0) is 11.3 Å². The average molecular weight is 388 g/mol. The van der Waals surface area contributed by atoms with E-state index in [1.54, 1.807) is 0 Å². The molecular weight excluding hydrogens is 357 g/mol. The van der Waals surface area contributed by atoms with Crippen molar-refractivity contribution >= 4 is 30.7 Å². The molecule has 6 heteroatoms. The molecule has 0 aliphatic carbocycles. The standard InChI is InChI=1S/C19H29N3O.2ClH/c1-2-19(11-7-12-20-19)18(23)21-17-10-6-13-22(15-17)14-16-8-4-3-5-9-16;;/h3-5,8-9,17,20H,2,6-7,10-15H2,1H3,(H,21,23);2*1H. The first kappa shape index (κ1) is 22.2. The first-order valence-corrected chi connectivity index (χ1v) is 9.04. The zero-order valence-corrected chi connectivity index (χ0v) is 16.6. The van der Waals surface area contributed by atoms with Gasteiger partial charge in [0, 0.05) is 19.1 Å². The molecule has 2 heterocycles. The lowest BCUT2D eigenvalue weighted by Gasteiger charge is -2.36. The average Bonchev–Trinajstić information content (AvgIpc) is 3.06. The summed E-state index contributed by atoms with van der Waals surface area (Å²) in [5.74, 6) is 0.212. The van der Waals surface area contributed by atoms with Crippen molar-refractivity contribution in [2.24, 2.45) is 0 Å².